The number of amidine groups is 1. The normalized spacial score (nSPS) is 18.4. The molecule has 0 amide bonds. The largest absolute Gasteiger partial charge is 0.416 e. The molecule has 2 aliphatic rings. The SMILES string of the molecule is C=C(NC=NCCC)NC1=NC(c2ccccc2C(F)(F)F)NC2=C1CCN(Cc1ccccc1)C2. The van der Waals surface area contributed by atoms with Crippen molar-refractivity contribution in [2.75, 3.05) is 19.6 Å². The van der Waals surface area contributed by atoms with Crippen LogP contribution in [-0.2, 0) is 12.7 Å². The summed E-state index contributed by atoms with van der Waals surface area (Å²) in [6, 6.07) is 15.7. The van der Waals surface area contributed by atoms with Gasteiger partial charge in [-0.3, -0.25) is 9.89 Å². The third-order valence-corrected chi connectivity index (χ3v) is 6.04. The number of aliphatic imine (C=N–C) groups is 2. The lowest BCUT2D eigenvalue weighted by molar-refractivity contribution is -0.138. The van der Waals surface area contributed by atoms with Crippen LogP contribution < -0.4 is 16.0 Å². The van der Waals surface area contributed by atoms with Crippen molar-refractivity contribution in [3.05, 3.63) is 95.0 Å². The molecule has 1 unspecified atom stereocenters. The van der Waals surface area contributed by atoms with Gasteiger partial charge in [-0.1, -0.05) is 62.0 Å². The fraction of sp³-hybridized carbons (Fsp3) is 0.333. The molecule has 2 aromatic rings. The van der Waals surface area contributed by atoms with E-state index >= 15 is 0 Å². The molecule has 190 valence electrons. The lowest BCUT2D eigenvalue weighted by Crippen LogP contribution is -2.45. The average Bonchev–Trinajstić information content (AvgIpc) is 2.86. The number of alkyl halides is 3. The highest BCUT2D eigenvalue weighted by molar-refractivity contribution is 6.01. The standard InChI is InChI=1S/C27H31F3N6/c1-3-14-31-18-32-19(2)33-26-22-13-15-36(16-20-9-5-4-6-10-20)17-24(22)34-25(35-26)21-11-7-8-12-23(21)27(28,29)30/h4-12,18,25,34H,2-3,13-17H2,1H3,(H,31,32)(H,33,35). The van der Waals surface area contributed by atoms with Crippen molar-refractivity contribution in [3.8, 4) is 0 Å². The Balaban J connectivity index is 1.61. The summed E-state index contributed by atoms with van der Waals surface area (Å²) in [5.74, 6) is 0.975. The summed E-state index contributed by atoms with van der Waals surface area (Å²) >= 11 is 0. The van der Waals surface area contributed by atoms with Crippen molar-refractivity contribution >= 4 is 12.2 Å². The Labute approximate surface area is 209 Å². The Kier molecular flexibility index (Phi) is 8.10. The zero-order chi connectivity index (χ0) is 25.5. The second-order valence-electron chi connectivity index (χ2n) is 8.80. The molecule has 2 aliphatic heterocycles. The first-order valence-electron chi connectivity index (χ1n) is 12.0. The van der Waals surface area contributed by atoms with Crippen LogP contribution in [0.3, 0.4) is 0 Å². The van der Waals surface area contributed by atoms with Crippen LogP contribution in [0.2, 0.25) is 0 Å². The van der Waals surface area contributed by atoms with Gasteiger partial charge in [-0.25, -0.2) is 4.99 Å². The molecule has 4 rings (SSSR count). The van der Waals surface area contributed by atoms with Crippen LogP contribution in [0.5, 0.6) is 0 Å². The van der Waals surface area contributed by atoms with Crippen LogP contribution in [0.4, 0.5) is 13.2 Å². The van der Waals surface area contributed by atoms with Gasteiger partial charge >= 0.3 is 6.18 Å². The average molecular weight is 497 g/mol. The van der Waals surface area contributed by atoms with E-state index in [-0.39, 0.29) is 5.56 Å². The zero-order valence-electron chi connectivity index (χ0n) is 20.3. The topological polar surface area (TPSA) is 64.0 Å². The lowest BCUT2D eigenvalue weighted by atomic mass is 9.98. The van der Waals surface area contributed by atoms with Crippen LogP contribution in [0.1, 0.15) is 42.6 Å². The van der Waals surface area contributed by atoms with Crippen molar-refractivity contribution in [1.82, 2.24) is 20.9 Å². The third kappa shape index (κ3) is 6.34. The molecule has 0 aromatic heterocycles. The fourth-order valence-corrected chi connectivity index (χ4v) is 4.34. The zero-order valence-corrected chi connectivity index (χ0v) is 20.3. The number of nitrogens with zero attached hydrogens (tertiary/aromatic N) is 3. The molecule has 2 aromatic carbocycles. The highest BCUT2D eigenvalue weighted by atomic mass is 19.4. The van der Waals surface area contributed by atoms with Crippen LogP contribution in [0, 0.1) is 0 Å². The minimum atomic E-state index is -4.48. The van der Waals surface area contributed by atoms with E-state index in [2.05, 4.69) is 49.5 Å². The number of halogens is 3. The molecule has 6 nitrogen and oxygen atoms in total. The maximum Gasteiger partial charge on any atom is 0.416 e. The maximum absolute atomic E-state index is 13.8. The number of hydrogen-bond acceptors (Lipinski definition) is 5. The first-order valence-corrected chi connectivity index (χ1v) is 12.0. The van der Waals surface area contributed by atoms with Gasteiger partial charge in [0.15, 0.2) is 0 Å². The number of benzene rings is 2. The number of rotatable bonds is 8. The predicted molar refractivity (Wildman–Crippen MR) is 137 cm³/mol. The van der Waals surface area contributed by atoms with E-state index in [0.29, 0.717) is 31.2 Å². The lowest BCUT2D eigenvalue weighted by Gasteiger charge is -2.37. The van der Waals surface area contributed by atoms with E-state index < -0.39 is 17.9 Å². The Hall–Kier alpha value is -3.59. The molecule has 0 saturated heterocycles. The van der Waals surface area contributed by atoms with Crippen molar-refractivity contribution in [2.45, 2.75) is 38.7 Å². The summed E-state index contributed by atoms with van der Waals surface area (Å²) in [6.45, 7) is 8.84. The molecule has 9 heteroatoms. The highest BCUT2D eigenvalue weighted by Crippen LogP contribution is 2.37. The van der Waals surface area contributed by atoms with Crippen LogP contribution in [0.25, 0.3) is 0 Å². The molecule has 0 radical (unpaired) electrons. The molecule has 0 fully saturated rings. The van der Waals surface area contributed by atoms with Crippen molar-refractivity contribution in [2.24, 2.45) is 9.98 Å². The second-order valence-corrected chi connectivity index (χ2v) is 8.80. The van der Waals surface area contributed by atoms with E-state index in [0.717, 1.165) is 36.8 Å². The Morgan fingerprint density at radius 3 is 2.69 bits per heavy atom. The monoisotopic (exact) mass is 496 g/mol. The van der Waals surface area contributed by atoms with Crippen LogP contribution in [0.15, 0.2) is 88.3 Å². The van der Waals surface area contributed by atoms with Crippen molar-refractivity contribution < 1.29 is 13.2 Å². The van der Waals surface area contributed by atoms with Crippen LogP contribution in [-0.4, -0.2) is 36.7 Å². The van der Waals surface area contributed by atoms with E-state index in [4.69, 9.17) is 0 Å². The van der Waals surface area contributed by atoms with Gasteiger partial charge in [0.05, 0.1) is 11.9 Å². The molecule has 0 saturated carbocycles. The predicted octanol–water partition coefficient (Wildman–Crippen LogP) is 4.95. The van der Waals surface area contributed by atoms with Gasteiger partial charge < -0.3 is 16.0 Å². The van der Waals surface area contributed by atoms with Gasteiger partial charge in [0.2, 0.25) is 0 Å². The minimum absolute atomic E-state index is 0.0825. The van der Waals surface area contributed by atoms with E-state index in [1.807, 2.05) is 25.1 Å². The van der Waals surface area contributed by atoms with Gasteiger partial charge in [0, 0.05) is 43.0 Å². The van der Waals surface area contributed by atoms with E-state index in [1.54, 1.807) is 12.4 Å². The fourth-order valence-electron chi connectivity index (χ4n) is 4.34. The molecule has 2 heterocycles. The number of hydrogen-bond donors (Lipinski definition) is 3. The second kappa shape index (κ2) is 11.4. The van der Waals surface area contributed by atoms with Crippen molar-refractivity contribution in [1.29, 1.82) is 0 Å². The van der Waals surface area contributed by atoms with E-state index in [9.17, 15) is 13.2 Å². The molecule has 0 aliphatic carbocycles. The molecule has 0 spiro atoms. The van der Waals surface area contributed by atoms with Gasteiger partial charge in [0.1, 0.15) is 17.8 Å². The van der Waals surface area contributed by atoms with Crippen LogP contribution >= 0.6 is 0 Å². The Morgan fingerprint density at radius 1 is 1.19 bits per heavy atom. The summed E-state index contributed by atoms with van der Waals surface area (Å²) in [4.78, 5) is 11.2. The number of nitrogens with one attached hydrogen (secondary N) is 3. The molecule has 1 atom stereocenters. The third-order valence-electron chi connectivity index (χ3n) is 6.04. The molecular formula is C27H31F3N6. The Morgan fingerprint density at radius 2 is 1.94 bits per heavy atom. The summed E-state index contributed by atoms with van der Waals surface area (Å²) < 4.78 is 41.4. The van der Waals surface area contributed by atoms with E-state index in [1.165, 1.54) is 17.7 Å². The molecule has 36 heavy (non-hydrogen) atoms. The smallest absolute Gasteiger partial charge is 0.362 e. The summed E-state index contributed by atoms with van der Waals surface area (Å²) in [5, 5.41) is 9.45. The Bertz CT molecular complexity index is 1150. The van der Waals surface area contributed by atoms with Crippen molar-refractivity contribution in [3.63, 3.8) is 0 Å². The van der Waals surface area contributed by atoms with Gasteiger partial charge in [-0.2, -0.15) is 13.2 Å². The van der Waals surface area contributed by atoms with Gasteiger partial charge in [-0.15, -0.1) is 0 Å². The summed E-state index contributed by atoms with van der Waals surface area (Å²) in [7, 11) is 0. The molecule has 0 bridgehead atoms. The quantitative estimate of drug-likeness (QED) is 0.357. The van der Waals surface area contributed by atoms with Gasteiger partial charge in [-0.05, 0) is 24.5 Å². The molecular weight excluding hydrogens is 465 g/mol. The summed E-state index contributed by atoms with van der Waals surface area (Å²) in [5.41, 5.74) is 2.39. The summed E-state index contributed by atoms with van der Waals surface area (Å²) in [6.07, 6.45) is -2.18. The van der Waals surface area contributed by atoms with Gasteiger partial charge in [0.25, 0.3) is 0 Å². The first-order chi connectivity index (χ1) is 17.3. The molecule has 3 N–H and O–H groups in total. The highest BCUT2D eigenvalue weighted by Gasteiger charge is 2.37. The maximum atomic E-state index is 13.8. The first kappa shape index (κ1) is 25.5. The minimum Gasteiger partial charge on any atom is -0.362 e.